The van der Waals surface area contributed by atoms with E-state index in [0.29, 0.717) is 27.7 Å². The van der Waals surface area contributed by atoms with Gasteiger partial charge in [-0.25, -0.2) is 8.42 Å². The van der Waals surface area contributed by atoms with Gasteiger partial charge in [0, 0.05) is 27.7 Å². The lowest BCUT2D eigenvalue weighted by Gasteiger charge is -2.26. The van der Waals surface area contributed by atoms with Gasteiger partial charge in [-0.3, -0.25) is 0 Å². The van der Waals surface area contributed by atoms with Gasteiger partial charge in [-0.1, -0.05) is 13.8 Å². The first-order chi connectivity index (χ1) is 9.75. The lowest BCUT2D eigenvalue weighted by molar-refractivity contribution is 0.279. The normalized spacial score (nSPS) is 19.0. The molecule has 0 radical (unpaired) electrons. The van der Waals surface area contributed by atoms with Crippen molar-refractivity contribution in [1.29, 1.82) is 0 Å². The zero-order valence-electron chi connectivity index (χ0n) is 12.2. The van der Waals surface area contributed by atoms with Crippen LogP contribution in [0.2, 0.25) is 0 Å². The van der Waals surface area contributed by atoms with Gasteiger partial charge in [-0.2, -0.15) is 4.31 Å². The number of rotatable bonds is 4. The molecule has 1 saturated heterocycles. The van der Waals surface area contributed by atoms with Crippen molar-refractivity contribution in [3.8, 4) is 0 Å². The van der Waals surface area contributed by atoms with Gasteiger partial charge in [0.15, 0.2) is 0 Å². The van der Waals surface area contributed by atoms with E-state index in [9.17, 15) is 8.42 Å². The summed E-state index contributed by atoms with van der Waals surface area (Å²) in [6.07, 6.45) is 2.92. The molecule has 2 rings (SSSR count). The molecule has 1 aromatic rings. The molecule has 0 aliphatic carbocycles. The van der Waals surface area contributed by atoms with Crippen LogP contribution in [0.3, 0.4) is 0 Å². The topological polar surface area (TPSA) is 63.4 Å². The number of hydrogen-bond donors (Lipinski definition) is 1. The predicted molar refractivity (Wildman–Crippen MR) is 92.6 cm³/mol. The Morgan fingerprint density at radius 3 is 2.19 bits per heavy atom. The second-order valence-electron chi connectivity index (χ2n) is 5.61. The average Bonchev–Trinajstić information content (AvgIpc) is 2.83. The van der Waals surface area contributed by atoms with Crippen molar-refractivity contribution in [1.82, 2.24) is 4.31 Å². The predicted octanol–water partition coefficient (Wildman–Crippen LogP) is 3.99. The van der Waals surface area contributed by atoms with Crippen LogP contribution in [0.15, 0.2) is 26.0 Å². The first kappa shape index (κ1) is 17.2. The molecular formula is C14H20Br2N2O2S. The summed E-state index contributed by atoms with van der Waals surface area (Å²) in [5, 5.41) is 0. The van der Waals surface area contributed by atoms with Crippen molar-refractivity contribution < 1.29 is 8.42 Å². The molecule has 0 atom stereocenters. The molecule has 21 heavy (non-hydrogen) atoms. The zero-order valence-corrected chi connectivity index (χ0v) is 16.2. The lowest BCUT2D eigenvalue weighted by Crippen LogP contribution is -2.32. The van der Waals surface area contributed by atoms with Gasteiger partial charge in [-0.05, 0) is 68.7 Å². The van der Waals surface area contributed by atoms with Crippen LogP contribution in [0.4, 0.5) is 5.69 Å². The number of sulfonamides is 1. The minimum Gasteiger partial charge on any atom is -0.399 e. The molecule has 0 spiro atoms. The van der Waals surface area contributed by atoms with Crippen molar-refractivity contribution in [2.45, 2.75) is 38.0 Å². The number of benzene rings is 1. The first-order valence-electron chi connectivity index (χ1n) is 7.00. The Bertz CT molecular complexity index is 619. The Balaban J connectivity index is 2.41. The highest BCUT2D eigenvalue weighted by molar-refractivity contribution is 9.11. The van der Waals surface area contributed by atoms with Gasteiger partial charge < -0.3 is 5.73 Å². The maximum atomic E-state index is 12.9. The van der Waals surface area contributed by atoms with E-state index in [1.165, 1.54) is 0 Å². The quantitative estimate of drug-likeness (QED) is 0.721. The Morgan fingerprint density at radius 1 is 1.24 bits per heavy atom. The fraction of sp³-hybridized carbons (Fsp3) is 0.571. The molecule has 0 saturated carbocycles. The molecule has 1 aliphatic rings. The summed E-state index contributed by atoms with van der Waals surface area (Å²) in [6.45, 7) is 5.43. The highest BCUT2D eigenvalue weighted by Crippen LogP contribution is 2.41. The van der Waals surface area contributed by atoms with E-state index in [2.05, 4.69) is 45.7 Å². The van der Waals surface area contributed by atoms with Crippen molar-refractivity contribution in [2.75, 3.05) is 18.8 Å². The monoisotopic (exact) mass is 438 g/mol. The number of nitrogens with two attached hydrogens (primary N) is 1. The van der Waals surface area contributed by atoms with Crippen molar-refractivity contribution >= 4 is 47.6 Å². The molecule has 0 unspecified atom stereocenters. The van der Waals surface area contributed by atoms with Gasteiger partial charge in [0.2, 0.25) is 10.0 Å². The van der Waals surface area contributed by atoms with Gasteiger partial charge in [0.05, 0.1) is 0 Å². The number of nitrogen functional groups attached to an aromatic ring is 1. The minimum absolute atomic E-state index is 0.111. The number of halogens is 2. The van der Waals surface area contributed by atoms with E-state index in [-0.39, 0.29) is 10.3 Å². The molecule has 1 aromatic carbocycles. The van der Waals surface area contributed by atoms with E-state index in [1.54, 1.807) is 16.4 Å². The Morgan fingerprint density at radius 2 is 1.76 bits per heavy atom. The third-order valence-corrected chi connectivity index (χ3v) is 8.24. The number of anilines is 1. The van der Waals surface area contributed by atoms with Crippen LogP contribution >= 0.6 is 31.9 Å². The minimum atomic E-state index is -3.52. The smallest absolute Gasteiger partial charge is 0.245 e. The molecule has 4 nitrogen and oxygen atoms in total. The van der Waals surface area contributed by atoms with Crippen LogP contribution in [0.1, 0.15) is 33.1 Å². The maximum absolute atomic E-state index is 12.9. The molecular weight excluding hydrogens is 420 g/mol. The summed E-state index contributed by atoms with van der Waals surface area (Å²) in [4.78, 5) is 0.264. The van der Waals surface area contributed by atoms with E-state index in [1.807, 2.05) is 0 Å². The van der Waals surface area contributed by atoms with Crippen LogP contribution in [0, 0.1) is 5.41 Å². The molecule has 2 N–H and O–H groups in total. The summed E-state index contributed by atoms with van der Waals surface area (Å²) >= 11 is 6.66. The SMILES string of the molecule is CCC1(CC)CCN(S(=O)(=O)c2c(Br)cc(N)cc2Br)C1. The van der Waals surface area contributed by atoms with E-state index < -0.39 is 10.0 Å². The summed E-state index contributed by atoms with van der Waals surface area (Å²) in [5.74, 6) is 0. The van der Waals surface area contributed by atoms with Crippen LogP contribution in [-0.4, -0.2) is 25.8 Å². The second-order valence-corrected chi connectivity index (χ2v) is 9.19. The molecule has 0 amide bonds. The standard InChI is InChI=1S/C14H20Br2N2O2S/c1-3-14(4-2)5-6-18(9-14)21(19,20)13-11(15)7-10(17)8-12(13)16/h7-8H,3-6,9,17H2,1-2H3. The van der Waals surface area contributed by atoms with E-state index in [4.69, 9.17) is 5.73 Å². The molecule has 0 aromatic heterocycles. The lowest BCUT2D eigenvalue weighted by atomic mass is 9.82. The first-order valence-corrected chi connectivity index (χ1v) is 10.0. The van der Waals surface area contributed by atoms with Gasteiger partial charge in [0.1, 0.15) is 4.90 Å². The second kappa shape index (κ2) is 6.18. The number of hydrogen-bond acceptors (Lipinski definition) is 3. The van der Waals surface area contributed by atoms with Gasteiger partial charge >= 0.3 is 0 Å². The molecule has 1 fully saturated rings. The molecule has 0 bridgehead atoms. The Labute approximate surface area is 143 Å². The average molecular weight is 440 g/mol. The number of nitrogens with zero attached hydrogens (tertiary/aromatic N) is 1. The largest absolute Gasteiger partial charge is 0.399 e. The van der Waals surface area contributed by atoms with Crippen LogP contribution in [-0.2, 0) is 10.0 Å². The third-order valence-electron chi connectivity index (χ3n) is 4.52. The van der Waals surface area contributed by atoms with E-state index in [0.717, 1.165) is 19.3 Å². The molecule has 7 heteroatoms. The maximum Gasteiger partial charge on any atom is 0.245 e. The highest BCUT2D eigenvalue weighted by atomic mass is 79.9. The van der Waals surface area contributed by atoms with Crippen molar-refractivity contribution in [2.24, 2.45) is 5.41 Å². The Hall–Kier alpha value is -0.110. The summed E-state index contributed by atoms with van der Waals surface area (Å²) in [5.41, 5.74) is 6.37. The summed E-state index contributed by atoms with van der Waals surface area (Å²) < 4.78 is 28.5. The zero-order chi connectivity index (χ0) is 15.8. The summed E-state index contributed by atoms with van der Waals surface area (Å²) in [7, 11) is -3.52. The van der Waals surface area contributed by atoms with Crippen molar-refractivity contribution in [3.63, 3.8) is 0 Å². The fourth-order valence-corrected chi connectivity index (χ4v) is 6.98. The molecule has 1 aliphatic heterocycles. The Kier molecular flexibility index (Phi) is 5.08. The fourth-order valence-electron chi connectivity index (χ4n) is 2.88. The highest BCUT2D eigenvalue weighted by Gasteiger charge is 2.41. The van der Waals surface area contributed by atoms with Crippen LogP contribution in [0.25, 0.3) is 0 Å². The van der Waals surface area contributed by atoms with Gasteiger partial charge in [-0.15, -0.1) is 0 Å². The summed E-state index contributed by atoms with van der Waals surface area (Å²) in [6, 6.07) is 3.25. The van der Waals surface area contributed by atoms with Crippen molar-refractivity contribution in [3.05, 3.63) is 21.1 Å². The molecule has 1 heterocycles. The van der Waals surface area contributed by atoms with Crippen LogP contribution < -0.4 is 5.73 Å². The van der Waals surface area contributed by atoms with E-state index >= 15 is 0 Å². The van der Waals surface area contributed by atoms with Gasteiger partial charge in [0.25, 0.3) is 0 Å². The third kappa shape index (κ3) is 3.16. The molecule has 118 valence electrons. The van der Waals surface area contributed by atoms with Crippen LogP contribution in [0.5, 0.6) is 0 Å².